The first-order chi connectivity index (χ1) is 7.67. The third-order valence-electron chi connectivity index (χ3n) is 4.94. The van der Waals surface area contributed by atoms with Crippen molar-refractivity contribution in [3.8, 4) is 0 Å². The molecule has 0 aromatic carbocycles. The lowest BCUT2D eigenvalue weighted by molar-refractivity contribution is 0.320. The molecule has 0 N–H and O–H groups in total. The molecule has 0 aliphatic heterocycles. The fraction of sp³-hybridized carbons (Fsp3) is 1.00. The maximum Gasteiger partial charge on any atom is 0.153 e. The summed E-state index contributed by atoms with van der Waals surface area (Å²) in [5.74, 6) is 2.91. The average Bonchev–Trinajstić information content (AvgIpc) is 2.70. The average molecular weight is 309 g/mol. The van der Waals surface area contributed by atoms with Gasteiger partial charge >= 0.3 is 0 Å². The van der Waals surface area contributed by atoms with Crippen molar-refractivity contribution in [2.45, 2.75) is 63.5 Å². The Morgan fingerprint density at radius 3 is 2.12 bits per heavy atom. The van der Waals surface area contributed by atoms with Gasteiger partial charge in [-0.3, -0.25) is 0 Å². The summed E-state index contributed by atoms with van der Waals surface area (Å²) in [5.41, 5.74) is 0.882. The maximum atomic E-state index is 6.71. The van der Waals surface area contributed by atoms with Gasteiger partial charge in [-0.05, 0) is 48.6 Å². The summed E-state index contributed by atoms with van der Waals surface area (Å²) in [6, 6.07) is 1.29. The highest BCUT2D eigenvalue weighted by Crippen LogP contribution is 2.60. The molecule has 0 spiro atoms. The molecule has 2 aliphatic carbocycles. The van der Waals surface area contributed by atoms with Gasteiger partial charge in [0.1, 0.15) is 0 Å². The minimum atomic E-state index is -1.44. The monoisotopic (exact) mass is 308 g/mol. The topological polar surface area (TPSA) is 0 Å². The van der Waals surface area contributed by atoms with Crippen LogP contribution in [0, 0.1) is 17.8 Å². The van der Waals surface area contributed by atoms with Gasteiger partial charge in [-0.25, -0.2) is 0 Å². The van der Waals surface area contributed by atoms with Crippen molar-refractivity contribution in [2.75, 3.05) is 0 Å². The highest BCUT2D eigenvalue weighted by molar-refractivity contribution is 7.20. The summed E-state index contributed by atoms with van der Waals surface area (Å²) in [6.45, 7) is 9.24. The van der Waals surface area contributed by atoms with Gasteiger partial charge < -0.3 is 0 Å². The number of halogens is 2. The first-order valence-electron chi connectivity index (χ1n) is 7.04. The van der Waals surface area contributed by atoms with Crippen molar-refractivity contribution < 1.29 is 0 Å². The van der Waals surface area contributed by atoms with E-state index in [0.29, 0.717) is 0 Å². The smallest absolute Gasteiger partial charge is 0.153 e. The fourth-order valence-electron chi connectivity index (χ4n) is 4.15. The standard InChI is InChI=1S/C13H26Cl2Si2/c1-16(2,14)6-5-11-7-10-8-12(11)13(9-10)17(3,4)15/h10-13H,5-9H2,1-4H3/t10-,11-,12-,13-/m0/s1. The van der Waals surface area contributed by atoms with Crippen LogP contribution in [-0.4, -0.2) is 14.8 Å². The summed E-state index contributed by atoms with van der Waals surface area (Å²) in [4.78, 5) is 0. The largest absolute Gasteiger partial charge is 0.168 e. The second kappa shape index (κ2) is 4.84. The van der Waals surface area contributed by atoms with Crippen LogP contribution in [0.3, 0.4) is 0 Å². The zero-order valence-electron chi connectivity index (χ0n) is 11.6. The first kappa shape index (κ1) is 14.4. The van der Waals surface area contributed by atoms with E-state index in [2.05, 4.69) is 26.2 Å². The molecular formula is C13H26Cl2Si2. The molecule has 4 heteroatoms. The van der Waals surface area contributed by atoms with Crippen molar-refractivity contribution in [1.82, 2.24) is 0 Å². The Hall–Kier alpha value is 1.01. The van der Waals surface area contributed by atoms with Crippen molar-refractivity contribution in [2.24, 2.45) is 17.8 Å². The summed E-state index contributed by atoms with van der Waals surface area (Å²) < 4.78 is 0. The van der Waals surface area contributed by atoms with Crippen molar-refractivity contribution in [1.29, 1.82) is 0 Å². The second-order valence-electron chi connectivity index (χ2n) is 7.43. The Balaban J connectivity index is 1.94. The van der Waals surface area contributed by atoms with E-state index in [9.17, 15) is 0 Å². The van der Waals surface area contributed by atoms with E-state index in [1.54, 1.807) is 0 Å². The molecule has 2 rings (SSSR count). The minimum Gasteiger partial charge on any atom is -0.168 e. The maximum absolute atomic E-state index is 6.71. The molecular weight excluding hydrogens is 283 g/mol. The zero-order valence-corrected chi connectivity index (χ0v) is 15.1. The molecule has 17 heavy (non-hydrogen) atoms. The van der Waals surface area contributed by atoms with Crippen LogP contribution in [0.5, 0.6) is 0 Å². The van der Waals surface area contributed by atoms with Crippen molar-refractivity contribution >= 4 is 36.9 Å². The second-order valence-corrected chi connectivity index (χ2v) is 21.2. The molecule has 0 aromatic heterocycles. The van der Waals surface area contributed by atoms with Gasteiger partial charge in [-0.1, -0.05) is 32.6 Å². The summed E-state index contributed by atoms with van der Waals surface area (Å²) >= 11 is 13.2. The molecule has 0 unspecified atom stereocenters. The van der Waals surface area contributed by atoms with E-state index >= 15 is 0 Å². The Morgan fingerprint density at radius 1 is 1.00 bits per heavy atom. The highest BCUT2D eigenvalue weighted by Gasteiger charge is 2.51. The molecule has 0 aromatic rings. The lowest BCUT2D eigenvalue weighted by Gasteiger charge is -2.36. The molecule has 2 bridgehead atoms. The summed E-state index contributed by atoms with van der Waals surface area (Å²) in [5, 5.41) is 0. The van der Waals surface area contributed by atoms with Gasteiger partial charge in [0.2, 0.25) is 0 Å². The van der Waals surface area contributed by atoms with Gasteiger partial charge in [-0.15, -0.1) is 0 Å². The molecule has 0 radical (unpaired) electrons. The van der Waals surface area contributed by atoms with Gasteiger partial charge in [0.05, 0.1) is 0 Å². The van der Waals surface area contributed by atoms with E-state index < -0.39 is 14.8 Å². The molecule has 2 saturated carbocycles. The third-order valence-corrected chi connectivity index (χ3v) is 10.3. The van der Waals surface area contributed by atoms with Crippen LogP contribution in [0.15, 0.2) is 0 Å². The lowest BCUT2D eigenvalue weighted by Crippen LogP contribution is -2.33. The number of hydrogen-bond acceptors (Lipinski definition) is 0. The summed E-state index contributed by atoms with van der Waals surface area (Å²) in [7, 11) is -2.81. The van der Waals surface area contributed by atoms with Crippen molar-refractivity contribution in [3.05, 3.63) is 0 Å². The lowest BCUT2D eigenvalue weighted by atomic mass is 9.86. The predicted octanol–water partition coefficient (Wildman–Crippen LogP) is 5.68. The van der Waals surface area contributed by atoms with Gasteiger partial charge in [-0.2, -0.15) is 22.2 Å². The molecule has 100 valence electrons. The van der Waals surface area contributed by atoms with Gasteiger partial charge in [0.25, 0.3) is 0 Å². The molecule has 0 saturated heterocycles. The minimum absolute atomic E-state index is 0.882. The molecule has 2 aliphatic rings. The van der Waals surface area contributed by atoms with E-state index in [1.807, 2.05) is 0 Å². The number of rotatable bonds is 4. The number of hydrogen-bond donors (Lipinski definition) is 0. The van der Waals surface area contributed by atoms with E-state index in [4.69, 9.17) is 22.2 Å². The van der Waals surface area contributed by atoms with Crippen LogP contribution >= 0.6 is 22.2 Å². The van der Waals surface area contributed by atoms with Crippen LogP contribution in [-0.2, 0) is 0 Å². The Bertz CT molecular complexity index is 280. The normalized spacial score (nSPS) is 37.8. The molecule has 0 amide bonds. The van der Waals surface area contributed by atoms with Crippen molar-refractivity contribution in [3.63, 3.8) is 0 Å². The Morgan fingerprint density at radius 2 is 1.65 bits per heavy atom. The molecule has 4 atom stereocenters. The predicted molar refractivity (Wildman–Crippen MR) is 84.2 cm³/mol. The van der Waals surface area contributed by atoms with E-state index in [1.165, 1.54) is 31.7 Å². The van der Waals surface area contributed by atoms with Crippen LogP contribution in [0.4, 0.5) is 0 Å². The van der Waals surface area contributed by atoms with Crippen LogP contribution in [0.25, 0.3) is 0 Å². The fourth-order valence-corrected chi connectivity index (χ4v) is 8.60. The quantitative estimate of drug-likeness (QED) is 0.463. The third kappa shape index (κ3) is 3.52. The first-order valence-corrected chi connectivity index (χ1v) is 15.4. The molecule has 0 heterocycles. The van der Waals surface area contributed by atoms with Gasteiger partial charge in [0.15, 0.2) is 14.8 Å². The molecule has 0 nitrogen and oxygen atoms in total. The highest BCUT2D eigenvalue weighted by atomic mass is 35.6. The van der Waals surface area contributed by atoms with E-state index in [0.717, 1.165) is 23.3 Å². The van der Waals surface area contributed by atoms with Crippen LogP contribution in [0.2, 0.25) is 37.8 Å². The van der Waals surface area contributed by atoms with E-state index in [-0.39, 0.29) is 0 Å². The number of fused-ring (bicyclic) bond motifs is 2. The zero-order chi connectivity index (χ0) is 12.8. The molecule has 2 fully saturated rings. The van der Waals surface area contributed by atoms with Crippen LogP contribution < -0.4 is 0 Å². The SMILES string of the molecule is C[Si](C)(Cl)CC[C@H]1C[C@H]2C[C@@H]1[C@@H]([Si](C)(C)Cl)C2. The van der Waals surface area contributed by atoms with Gasteiger partial charge in [0, 0.05) is 0 Å². The van der Waals surface area contributed by atoms with Crippen LogP contribution in [0.1, 0.15) is 25.7 Å². The summed E-state index contributed by atoms with van der Waals surface area (Å²) in [6.07, 6.45) is 5.76. The Kier molecular flexibility index (Phi) is 4.11. The Labute approximate surface area is 118 Å².